The first-order valence-electron chi connectivity index (χ1n) is 3.24. The second kappa shape index (κ2) is 3.98. The maximum absolute atomic E-state index is 8.14. The lowest BCUT2D eigenvalue weighted by molar-refractivity contribution is 0.321. The van der Waals surface area contributed by atoms with Crippen molar-refractivity contribution in [1.82, 2.24) is 0 Å². The smallest absolute Gasteiger partial charge is 0.0480 e. The summed E-state index contributed by atoms with van der Waals surface area (Å²) >= 11 is 5.82. The highest BCUT2D eigenvalue weighted by Gasteiger charge is 1.94. The average molecular weight is 170 g/mol. The molecular weight excluding hydrogens is 162 g/mol. The first-order valence-corrected chi connectivity index (χ1v) is 3.61. The van der Waals surface area contributed by atoms with E-state index < -0.39 is 0 Å². The summed E-state index contributed by atoms with van der Waals surface area (Å²) in [6.07, 6.45) is 1.97. The number of oxime groups is 1. The molecular formula is C8H8ClNO. The molecule has 0 saturated carbocycles. The van der Waals surface area contributed by atoms with Gasteiger partial charge in [-0.3, -0.25) is 0 Å². The molecule has 0 atom stereocenters. The van der Waals surface area contributed by atoms with Gasteiger partial charge in [0.15, 0.2) is 0 Å². The molecule has 11 heavy (non-hydrogen) atoms. The zero-order valence-corrected chi connectivity index (χ0v) is 6.62. The summed E-state index contributed by atoms with van der Waals surface area (Å²) in [6, 6.07) is 7.46. The molecule has 1 aromatic rings. The molecule has 2 nitrogen and oxygen atoms in total. The molecule has 1 N–H and O–H groups in total. The van der Waals surface area contributed by atoms with Gasteiger partial charge in [0.25, 0.3) is 0 Å². The van der Waals surface area contributed by atoms with Gasteiger partial charge in [-0.2, -0.15) is 0 Å². The number of rotatable bonds is 2. The Labute approximate surface area is 70.1 Å². The Morgan fingerprint density at radius 2 is 2.18 bits per heavy atom. The maximum atomic E-state index is 8.14. The molecule has 0 fully saturated rings. The molecule has 0 saturated heterocycles. The Kier molecular flexibility index (Phi) is 2.93. The van der Waals surface area contributed by atoms with E-state index in [2.05, 4.69) is 5.16 Å². The van der Waals surface area contributed by atoms with Gasteiger partial charge in [-0.1, -0.05) is 29.8 Å². The van der Waals surface area contributed by atoms with E-state index in [1.54, 1.807) is 0 Å². The third-order valence-corrected chi connectivity index (χ3v) is 1.72. The predicted octanol–water partition coefficient (Wildman–Crippen LogP) is 2.34. The highest BCUT2D eigenvalue weighted by molar-refractivity contribution is 6.31. The molecule has 0 aliphatic carbocycles. The first-order chi connectivity index (χ1) is 5.34. The van der Waals surface area contributed by atoms with Crippen LogP contribution >= 0.6 is 11.6 Å². The fourth-order valence-corrected chi connectivity index (χ4v) is 1.02. The second-order valence-electron chi connectivity index (χ2n) is 2.09. The van der Waals surface area contributed by atoms with Crippen LogP contribution in [-0.4, -0.2) is 11.4 Å². The SMILES string of the molecule is ON=CCc1ccccc1Cl. The molecule has 0 heterocycles. The molecule has 0 amide bonds. The highest BCUT2D eigenvalue weighted by atomic mass is 35.5. The molecule has 0 spiro atoms. The summed E-state index contributed by atoms with van der Waals surface area (Å²) in [5.74, 6) is 0. The van der Waals surface area contributed by atoms with Crippen LogP contribution in [0.5, 0.6) is 0 Å². The van der Waals surface area contributed by atoms with Crippen molar-refractivity contribution in [2.45, 2.75) is 6.42 Å². The van der Waals surface area contributed by atoms with Crippen LogP contribution in [0.25, 0.3) is 0 Å². The molecule has 3 heteroatoms. The van der Waals surface area contributed by atoms with Crippen LogP contribution in [0.15, 0.2) is 29.4 Å². The minimum absolute atomic E-state index is 0.566. The van der Waals surface area contributed by atoms with E-state index in [-0.39, 0.29) is 0 Å². The van der Waals surface area contributed by atoms with Crippen molar-refractivity contribution in [3.63, 3.8) is 0 Å². The molecule has 0 bridgehead atoms. The predicted molar refractivity (Wildman–Crippen MR) is 45.4 cm³/mol. The van der Waals surface area contributed by atoms with Gasteiger partial charge in [0.05, 0.1) is 0 Å². The Morgan fingerprint density at radius 3 is 2.82 bits per heavy atom. The van der Waals surface area contributed by atoms with Crippen molar-refractivity contribution in [1.29, 1.82) is 0 Å². The van der Waals surface area contributed by atoms with Gasteiger partial charge in [-0.05, 0) is 11.6 Å². The Hall–Kier alpha value is -1.02. The summed E-state index contributed by atoms with van der Waals surface area (Å²) in [5, 5.41) is 11.7. The van der Waals surface area contributed by atoms with Crippen LogP contribution in [0.1, 0.15) is 5.56 Å². The van der Waals surface area contributed by atoms with E-state index in [1.165, 1.54) is 6.21 Å². The van der Waals surface area contributed by atoms with Crippen molar-refractivity contribution in [3.05, 3.63) is 34.9 Å². The molecule has 0 radical (unpaired) electrons. The van der Waals surface area contributed by atoms with E-state index in [4.69, 9.17) is 16.8 Å². The molecule has 0 aliphatic rings. The van der Waals surface area contributed by atoms with E-state index in [1.807, 2.05) is 24.3 Å². The molecule has 1 aromatic carbocycles. The minimum atomic E-state index is 0.566. The van der Waals surface area contributed by atoms with Gasteiger partial charge in [0, 0.05) is 17.7 Å². The van der Waals surface area contributed by atoms with Crippen LogP contribution in [0.4, 0.5) is 0 Å². The van der Waals surface area contributed by atoms with Gasteiger partial charge in [-0.15, -0.1) is 5.16 Å². The lowest BCUT2D eigenvalue weighted by Crippen LogP contribution is -1.86. The summed E-state index contributed by atoms with van der Waals surface area (Å²) in [4.78, 5) is 0. The minimum Gasteiger partial charge on any atom is -0.411 e. The van der Waals surface area contributed by atoms with Crippen molar-refractivity contribution >= 4 is 17.8 Å². The van der Waals surface area contributed by atoms with Gasteiger partial charge < -0.3 is 5.21 Å². The normalized spacial score (nSPS) is 10.6. The summed E-state index contributed by atoms with van der Waals surface area (Å²) in [7, 11) is 0. The van der Waals surface area contributed by atoms with Crippen LogP contribution in [0.3, 0.4) is 0 Å². The fraction of sp³-hybridized carbons (Fsp3) is 0.125. The van der Waals surface area contributed by atoms with Crippen LogP contribution in [-0.2, 0) is 6.42 Å². The largest absolute Gasteiger partial charge is 0.411 e. The maximum Gasteiger partial charge on any atom is 0.0480 e. The van der Waals surface area contributed by atoms with E-state index in [0.717, 1.165) is 5.56 Å². The van der Waals surface area contributed by atoms with Crippen molar-refractivity contribution < 1.29 is 5.21 Å². The number of halogens is 1. The third kappa shape index (κ3) is 2.24. The standard InChI is InChI=1S/C8H8ClNO/c9-8-4-2-1-3-7(8)5-6-10-11/h1-4,6,11H,5H2. The lowest BCUT2D eigenvalue weighted by atomic mass is 10.2. The van der Waals surface area contributed by atoms with E-state index in [9.17, 15) is 0 Å². The number of nitrogens with zero attached hydrogens (tertiary/aromatic N) is 1. The Bertz CT molecular complexity index is 260. The number of hydrogen-bond acceptors (Lipinski definition) is 2. The van der Waals surface area contributed by atoms with Crippen LogP contribution in [0.2, 0.25) is 5.02 Å². The van der Waals surface area contributed by atoms with Crippen molar-refractivity contribution in [3.8, 4) is 0 Å². The molecule has 0 aliphatic heterocycles. The Balaban J connectivity index is 2.77. The van der Waals surface area contributed by atoms with Crippen LogP contribution < -0.4 is 0 Å². The highest BCUT2D eigenvalue weighted by Crippen LogP contribution is 2.14. The zero-order valence-electron chi connectivity index (χ0n) is 5.87. The average Bonchev–Trinajstić information content (AvgIpc) is 2.03. The summed E-state index contributed by atoms with van der Waals surface area (Å²) < 4.78 is 0. The Morgan fingerprint density at radius 1 is 1.45 bits per heavy atom. The van der Waals surface area contributed by atoms with Crippen molar-refractivity contribution in [2.75, 3.05) is 0 Å². The lowest BCUT2D eigenvalue weighted by Gasteiger charge is -1.96. The summed E-state index contributed by atoms with van der Waals surface area (Å²) in [5.41, 5.74) is 0.965. The van der Waals surface area contributed by atoms with Gasteiger partial charge in [0.1, 0.15) is 0 Å². The zero-order chi connectivity index (χ0) is 8.10. The van der Waals surface area contributed by atoms with Gasteiger partial charge >= 0.3 is 0 Å². The van der Waals surface area contributed by atoms with Gasteiger partial charge in [-0.25, -0.2) is 0 Å². The number of benzene rings is 1. The van der Waals surface area contributed by atoms with Crippen LogP contribution in [0, 0.1) is 0 Å². The summed E-state index contributed by atoms with van der Waals surface area (Å²) in [6.45, 7) is 0. The quantitative estimate of drug-likeness (QED) is 0.412. The van der Waals surface area contributed by atoms with E-state index >= 15 is 0 Å². The fourth-order valence-electron chi connectivity index (χ4n) is 0.803. The van der Waals surface area contributed by atoms with Crippen molar-refractivity contribution in [2.24, 2.45) is 5.16 Å². The topological polar surface area (TPSA) is 32.6 Å². The van der Waals surface area contributed by atoms with E-state index in [0.29, 0.717) is 11.4 Å². The van der Waals surface area contributed by atoms with Gasteiger partial charge in [0.2, 0.25) is 0 Å². The monoisotopic (exact) mass is 169 g/mol. The first kappa shape index (κ1) is 8.08. The third-order valence-electron chi connectivity index (χ3n) is 1.35. The number of hydrogen-bond donors (Lipinski definition) is 1. The molecule has 0 aromatic heterocycles. The molecule has 58 valence electrons. The second-order valence-corrected chi connectivity index (χ2v) is 2.50. The molecule has 1 rings (SSSR count). The molecule has 0 unspecified atom stereocenters.